The molecule has 3 heterocycles. The van der Waals surface area contributed by atoms with Crippen LogP contribution < -0.4 is 4.90 Å². The SMILES string of the molecule is Cc1ccc2nc(N3CCN(C(=O)C4CCCN4S(=O)(=O)c4ccc(Cl)cc4)CC3)sc2c1. The standard InChI is InChI=1S/C23H25ClN4O3S2/c1-16-4-9-19-21(15-16)32-23(25-19)27-13-11-26(12-14-27)22(29)20-3-2-10-28(20)33(30,31)18-7-5-17(24)6-8-18/h4-9,15,20H,2-3,10-14H2,1H3. The molecular weight excluding hydrogens is 480 g/mol. The van der Waals surface area contributed by atoms with Gasteiger partial charge in [0.1, 0.15) is 6.04 Å². The largest absolute Gasteiger partial charge is 0.345 e. The van der Waals surface area contributed by atoms with Gasteiger partial charge < -0.3 is 9.80 Å². The number of benzene rings is 2. The molecular formula is C23H25ClN4O3S2. The van der Waals surface area contributed by atoms with Gasteiger partial charge in [-0.3, -0.25) is 4.79 Å². The first-order chi connectivity index (χ1) is 15.8. The van der Waals surface area contributed by atoms with Crippen LogP contribution in [0.4, 0.5) is 5.13 Å². The number of anilines is 1. The molecule has 0 radical (unpaired) electrons. The second kappa shape index (κ2) is 8.87. The van der Waals surface area contributed by atoms with E-state index >= 15 is 0 Å². The van der Waals surface area contributed by atoms with Gasteiger partial charge in [0.05, 0.1) is 15.1 Å². The van der Waals surface area contributed by atoms with Crippen LogP contribution in [0.2, 0.25) is 5.02 Å². The molecule has 0 saturated carbocycles. The molecule has 1 unspecified atom stereocenters. The van der Waals surface area contributed by atoms with E-state index in [1.807, 2.05) is 6.07 Å². The number of sulfonamides is 1. The molecule has 2 aromatic carbocycles. The summed E-state index contributed by atoms with van der Waals surface area (Å²) < 4.78 is 28.9. The summed E-state index contributed by atoms with van der Waals surface area (Å²) in [4.78, 5) is 22.3. The number of carbonyl (C=O) groups is 1. The average Bonchev–Trinajstić information content (AvgIpc) is 3.46. The monoisotopic (exact) mass is 504 g/mol. The fourth-order valence-corrected chi connectivity index (χ4v) is 7.39. The Morgan fingerprint density at radius 1 is 1.06 bits per heavy atom. The number of aryl methyl sites for hydroxylation is 1. The van der Waals surface area contributed by atoms with Gasteiger partial charge in [-0.05, 0) is 61.7 Å². The zero-order valence-electron chi connectivity index (χ0n) is 18.3. The Morgan fingerprint density at radius 2 is 1.79 bits per heavy atom. The van der Waals surface area contributed by atoms with Crippen LogP contribution in [0.25, 0.3) is 10.2 Å². The van der Waals surface area contributed by atoms with Crippen molar-refractivity contribution in [2.75, 3.05) is 37.6 Å². The van der Waals surface area contributed by atoms with E-state index in [1.165, 1.54) is 22.0 Å². The van der Waals surface area contributed by atoms with E-state index in [-0.39, 0.29) is 10.8 Å². The molecule has 7 nitrogen and oxygen atoms in total. The van der Waals surface area contributed by atoms with Gasteiger partial charge >= 0.3 is 0 Å². The number of fused-ring (bicyclic) bond motifs is 1. The van der Waals surface area contributed by atoms with E-state index in [9.17, 15) is 13.2 Å². The number of carbonyl (C=O) groups excluding carboxylic acids is 1. The van der Waals surface area contributed by atoms with Crippen molar-refractivity contribution in [1.29, 1.82) is 0 Å². The minimum atomic E-state index is -3.75. The van der Waals surface area contributed by atoms with Crippen LogP contribution in [-0.2, 0) is 14.8 Å². The molecule has 174 valence electrons. The molecule has 33 heavy (non-hydrogen) atoms. The summed E-state index contributed by atoms with van der Waals surface area (Å²) in [6.07, 6.45) is 1.22. The van der Waals surface area contributed by atoms with Gasteiger partial charge in [0.15, 0.2) is 5.13 Å². The number of aromatic nitrogens is 1. The van der Waals surface area contributed by atoms with Gasteiger partial charge in [0.2, 0.25) is 15.9 Å². The van der Waals surface area contributed by atoms with Crippen LogP contribution in [0.5, 0.6) is 0 Å². The van der Waals surface area contributed by atoms with Crippen molar-refractivity contribution >= 4 is 54.2 Å². The summed E-state index contributed by atoms with van der Waals surface area (Å²) in [5.41, 5.74) is 2.20. The summed E-state index contributed by atoms with van der Waals surface area (Å²) >= 11 is 7.58. The van der Waals surface area contributed by atoms with Crippen molar-refractivity contribution < 1.29 is 13.2 Å². The highest BCUT2D eigenvalue weighted by atomic mass is 35.5. The summed E-state index contributed by atoms with van der Waals surface area (Å²) in [5, 5.41) is 1.44. The molecule has 1 amide bonds. The van der Waals surface area contributed by atoms with Crippen molar-refractivity contribution in [1.82, 2.24) is 14.2 Å². The van der Waals surface area contributed by atoms with Crippen LogP contribution in [0, 0.1) is 6.92 Å². The maximum atomic E-state index is 13.3. The molecule has 10 heteroatoms. The van der Waals surface area contributed by atoms with Crippen molar-refractivity contribution in [2.45, 2.75) is 30.7 Å². The third kappa shape index (κ3) is 4.35. The third-order valence-electron chi connectivity index (χ3n) is 6.30. The fourth-order valence-electron chi connectivity index (χ4n) is 4.50. The Balaban J connectivity index is 1.27. The van der Waals surface area contributed by atoms with Crippen molar-refractivity contribution in [3.05, 3.63) is 53.1 Å². The molecule has 0 N–H and O–H groups in total. The molecule has 2 aliphatic rings. The molecule has 2 saturated heterocycles. The van der Waals surface area contributed by atoms with Crippen molar-refractivity contribution in [3.8, 4) is 0 Å². The molecule has 3 aromatic rings. The van der Waals surface area contributed by atoms with Gasteiger partial charge in [-0.1, -0.05) is 29.0 Å². The minimum Gasteiger partial charge on any atom is -0.345 e. The fraction of sp³-hybridized carbons (Fsp3) is 0.391. The first-order valence-electron chi connectivity index (χ1n) is 11.0. The van der Waals surface area contributed by atoms with E-state index in [1.54, 1.807) is 28.4 Å². The van der Waals surface area contributed by atoms with E-state index < -0.39 is 16.1 Å². The Hall–Kier alpha value is -2.20. The second-order valence-electron chi connectivity index (χ2n) is 8.51. The molecule has 1 aromatic heterocycles. The quantitative estimate of drug-likeness (QED) is 0.541. The summed E-state index contributed by atoms with van der Waals surface area (Å²) in [6.45, 7) is 4.90. The number of halogens is 1. The maximum Gasteiger partial charge on any atom is 0.243 e. The van der Waals surface area contributed by atoms with E-state index in [4.69, 9.17) is 16.6 Å². The summed E-state index contributed by atoms with van der Waals surface area (Å²) in [7, 11) is -3.75. The highest BCUT2D eigenvalue weighted by Crippen LogP contribution is 2.31. The van der Waals surface area contributed by atoms with Crippen molar-refractivity contribution in [2.24, 2.45) is 0 Å². The lowest BCUT2D eigenvalue weighted by molar-refractivity contribution is -0.134. The maximum absolute atomic E-state index is 13.3. The number of hydrogen-bond donors (Lipinski definition) is 0. The average molecular weight is 505 g/mol. The Kier molecular flexibility index (Phi) is 6.07. The number of hydrogen-bond acceptors (Lipinski definition) is 6. The van der Waals surface area contributed by atoms with Gasteiger partial charge in [-0.2, -0.15) is 4.31 Å². The normalized spacial score (nSPS) is 20.0. The van der Waals surface area contributed by atoms with Gasteiger partial charge in [0.25, 0.3) is 0 Å². The topological polar surface area (TPSA) is 73.8 Å². The Bertz CT molecular complexity index is 1280. The lowest BCUT2D eigenvalue weighted by atomic mass is 10.2. The van der Waals surface area contributed by atoms with E-state index in [2.05, 4.69) is 24.0 Å². The van der Waals surface area contributed by atoms with Crippen molar-refractivity contribution in [3.63, 3.8) is 0 Å². The lowest BCUT2D eigenvalue weighted by Gasteiger charge is -2.37. The summed E-state index contributed by atoms with van der Waals surface area (Å²) in [5.74, 6) is -0.107. The summed E-state index contributed by atoms with van der Waals surface area (Å²) in [6, 6.07) is 11.7. The van der Waals surface area contributed by atoms with Gasteiger partial charge in [-0.25, -0.2) is 13.4 Å². The third-order valence-corrected chi connectivity index (χ3v) is 9.56. The smallest absolute Gasteiger partial charge is 0.243 e. The molecule has 2 aliphatic heterocycles. The number of thiazole rings is 1. The highest BCUT2D eigenvalue weighted by molar-refractivity contribution is 7.89. The Labute approximate surface area is 202 Å². The van der Waals surface area contributed by atoms with Crippen LogP contribution >= 0.6 is 22.9 Å². The van der Waals surface area contributed by atoms with Crippen LogP contribution in [0.3, 0.4) is 0 Å². The van der Waals surface area contributed by atoms with Gasteiger partial charge in [-0.15, -0.1) is 0 Å². The first-order valence-corrected chi connectivity index (χ1v) is 13.6. The number of rotatable bonds is 4. The van der Waals surface area contributed by atoms with E-state index in [0.29, 0.717) is 50.6 Å². The highest BCUT2D eigenvalue weighted by Gasteiger charge is 2.41. The van der Waals surface area contributed by atoms with Gasteiger partial charge in [0, 0.05) is 37.7 Å². The zero-order chi connectivity index (χ0) is 23.2. The number of amides is 1. The zero-order valence-corrected chi connectivity index (χ0v) is 20.7. The molecule has 0 bridgehead atoms. The van der Waals surface area contributed by atoms with Crippen LogP contribution in [-0.4, -0.2) is 67.3 Å². The number of nitrogens with zero attached hydrogens (tertiary/aromatic N) is 4. The Morgan fingerprint density at radius 3 is 2.52 bits per heavy atom. The number of piperazine rings is 1. The lowest BCUT2D eigenvalue weighted by Crippen LogP contribution is -2.54. The molecule has 0 aliphatic carbocycles. The first kappa shape index (κ1) is 22.6. The second-order valence-corrected chi connectivity index (χ2v) is 11.8. The van der Waals surface area contributed by atoms with E-state index in [0.717, 1.165) is 15.3 Å². The molecule has 5 rings (SSSR count). The minimum absolute atomic E-state index is 0.107. The molecule has 0 spiro atoms. The predicted octanol–water partition coefficient (Wildman–Crippen LogP) is 3.76. The molecule has 1 atom stereocenters. The predicted molar refractivity (Wildman–Crippen MR) is 132 cm³/mol. The van der Waals surface area contributed by atoms with Crippen LogP contribution in [0.15, 0.2) is 47.4 Å². The molecule has 2 fully saturated rings. The van der Waals surface area contributed by atoms with Crippen LogP contribution in [0.1, 0.15) is 18.4 Å².